The van der Waals surface area contributed by atoms with Crippen LogP contribution in [0.2, 0.25) is 0 Å². The molecule has 0 atom stereocenters. The lowest BCUT2D eigenvalue weighted by Gasteiger charge is -2.20. The second-order valence-electron chi connectivity index (χ2n) is 8.76. The number of carbonyl (C=O) groups is 2. The highest BCUT2D eigenvalue weighted by Crippen LogP contribution is 2.35. The van der Waals surface area contributed by atoms with Crippen LogP contribution in [0, 0.1) is 13.8 Å². The molecule has 0 unspecified atom stereocenters. The van der Waals surface area contributed by atoms with Gasteiger partial charge in [0, 0.05) is 0 Å². The summed E-state index contributed by atoms with van der Waals surface area (Å²) in [4.78, 5) is 24.7. The molecule has 12 heteroatoms. The molecule has 1 heterocycles. The van der Waals surface area contributed by atoms with Gasteiger partial charge in [0.25, 0.3) is 5.91 Å². The van der Waals surface area contributed by atoms with Gasteiger partial charge in [0.1, 0.15) is 6.54 Å². The Hall–Kier alpha value is -3.90. The van der Waals surface area contributed by atoms with Crippen LogP contribution in [0.5, 0.6) is 5.75 Å². The highest BCUT2D eigenvalue weighted by Gasteiger charge is 2.36. The number of nitrogens with zero attached hydrogens (tertiary/aromatic N) is 1. The summed E-state index contributed by atoms with van der Waals surface area (Å²) < 4.78 is 59.8. The molecule has 3 aromatic rings. The maximum atomic E-state index is 12.8. The number of aryl methyl sites for hydroxylation is 2. The Morgan fingerprint density at radius 2 is 1.78 bits per heavy atom. The van der Waals surface area contributed by atoms with Gasteiger partial charge in [-0.3, -0.25) is 9.52 Å². The van der Waals surface area contributed by atoms with Gasteiger partial charge in [-0.1, -0.05) is 42.0 Å². The predicted molar refractivity (Wildman–Crippen MR) is 139 cm³/mol. The summed E-state index contributed by atoms with van der Waals surface area (Å²) in [7, 11) is -7.71. The zero-order valence-electron chi connectivity index (χ0n) is 20.3. The number of hydrogen-bond donors (Lipinski definition) is 2. The SMILES string of the molecule is Cc1cc(C)c(NS(C)(=O)=O)c(Cc2ccc(N3CC(=O)NS3(=O)=O)c(OC(=O)c3ccccc3)c2)c1. The minimum atomic E-state index is -4.16. The first-order chi connectivity index (χ1) is 17.3. The van der Waals surface area contributed by atoms with Crippen LogP contribution in [-0.2, 0) is 31.4 Å². The monoisotopic (exact) mass is 543 g/mol. The van der Waals surface area contributed by atoms with E-state index in [0.29, 0.717) is 16.8 Å². The molecule has 37 heavy (non-hydrogen) atoms. The van der Waals surface area contributed by atoms with Gasteiger partial charge in [0.15, 0.2) is 5.75 Å². The third kappa shape index (κ3) is 6.09. The van der Waals surface area contributed by atoms with Crippen molar-refractivity contribution in [1.29, 1.82) is 0 Å². The summed E-state index contributed by atoms with van der Waals surface area (Å²) in [5, 5.41) is 0. The quantitative estimate of drug-likeness (QED) is 0.345. The smallest absolute Gasteiger partial charge is 0.343 e. The molecule has 1 aliphatic rings. The molecular weight excluding hydrogens is 518 g/mol. The van der Waals surface area contributed by atoms with E-state index >= 15 is 0 Å². The number of ether oxygens (including phenoxy) is 1. The molecule has 2 N–H and O–H groups in total. The summed E-state index contributed by atoms with van der Waals surface area (Å²) in [5.41, 5.74) is 3.68. The van der Waals surface area contributed by atoms with Gasteiger partial charge in [0.05, 0.1) is 23.2 Å². The maximum Gasteiger partial charge on any atom is 0.343 e. The number of hydrogen-bond acceptors (Lipinski definition) is 7. The molecule has 0 saturated carbocycles. The van der Waals surface area contributed by atoms with E-state index in [2.05, 4.69) is 4.72 Å². The molecule has 194 valence electrons. The van der Waals surface area contributed by atoms with E-state index in [1.54, 1.807) is 43.3 Å². The lowest BCUT2D eigenvalue weighted by Crippen LogP contribution is -2.30. The van der Waals surface area contributed by atoms with Gasteiger partial charge in [0.2, 0.25) is 10.0 Å². The van der Waals surface area contributed by atoms with Crippen LogP contribution >= 0.6 is 0 Å². The van der Waals surface area contributed by atoms with Crippen molar-refractivity contribution in [3.63, 3.8) is 0 Å². The van der Waals surface area contributed by atoms with Crippen molar-refractivity contribution in [2.75, 3.05) is 21.8 Å². The topological polar surface area (TPSA) is 139 Å². The van der Waals surface area contributed by atoms with Gasteiger partial charge >= 0.3 is 16.2 Å². The molecule has 1 amide bonds. The summed E-state index contributed by atoms with van der Waals surface area (Å²) in [5.74, 6) is -1.48. The third-order valence-electron chi connectivity index (χ3n) is 5.57. The van der Waals surface area contributed by atoms with Crippen LogP contribution in [0.25, 0.3) is 0 Å². The number of esters is 1. The van der Waals surface area contributed by atoms with Crippen molar-refractivity contribution in [2.45, 2.75) is 20.3 Å². The van der Waals surface area contributed by atoms with Gasteiger partial charge in [-0.25, -0.2) is 22.2 Å². The molecule has 1 saturated heterocycles. The molecule has 3 aromatic carbocycles. The van der Waals surface area contributed by atoms with Crippen LogP contribution in [0.3, 0.4) is 0 Å². The van der Waals surface area contributed by atoms with E-state index < -0.39 is 38.7 Å². The molecule has 0 spiro atoms. The van der Waals surface area contributed by atoms with Gasteiger partial charge < -0.3 is 4.74 Å². The van der Waals surface area contributed by atoms with Crippen LogP contribution in [-0.4, -0.2) is 41.5 Å². The van der Waals surface area contributed by atoms with E-state index in [9.17, 15) is 26.4 Å². The van der Waals surface area contributed by atoms with Gasteiger partial charge in [-0.15, -0.1) is 0 Å². The first kappa shape index (κ1) is 26.2. The standard InChI is InChI=1S/C25H25N3O7S2/c1-16-11-17(2)24(27-36(3,31)32)20(12-16)13-18-9-10-21(28-15-23(29)26-37(28,33)34)22(14-18)35-25(30)19-7-5-4-6-8-19/h4-12,14,27H,13,15H2,1-3H3,(H,26,29). The Morgan fingerprint density at radius 3 is 2.41 bits per heavy atom. The van der Waals surface area contributed by atoms with Crippen LogP contribution < -0.4 is 18.5 Å². The summed E-state index contributed by atoms with van der Waals surface area (Å²) in [6.07, 6.45) is 1.32. The summed E-state index contributed by atoms with van der Waals surface area (Å²) in [6.45, 7) is 3.22. The lowest BCUT2D eigenvalue weighted by molar-refractivity contribution is -0.117. The van der Waals surface area contributed by atoms with E-state index in [1.165, 1.54) is 12.1 Å². The average molecular weight is 544 g/mol. The zero-order valence-corrected chi connectivity index (χ0v) is 21.9. The number of anilines is 2. The highest BCUT2D eigenvalue weighted by atomic mass is 32.2. The van der Waals surface area contributed by atoms with Crippen molar-refractivity contribution in [1.82, 2.24) is 4.72 Å². The molecule has 0 aromatic heterocycles. The molecule has 1 aliphatic heterocycles. The number of carbonyl (C=O) groups excluding carboxylic acids is 2. The average Bonchev–Trinajstić information content (AvgIpc) is 3.08. The maximum absolute atomic E-state index is 12.8. The molecule has 0 radical (unpaired) electrons. The molecule has 0 bridgehead atoms. The van der Waals surface area contributed by atoms with Crippen molar-refractivity contribution >= 4 is 43.5 Å². The minimum Gasteiger partial charge on any atom is -0.421 e. The van der Waals surface area contributed by atoms with Gasteiger partial charge in [-0.2, -0.15) is 8.42 Å². The number of benzene rings is 3. The van der Waals surface area contributed by atoms with Crippen molar-refractivity contribution in [2.24, 2.45) is 0 Å². The number of amides is 1. The fraction of sp³-hybridized carbons (Fsp3) is 0.200. The Bertz CT molecular complexity index is 1600. The summed E-state index contributed by atoms with van der Waals surface area (Å²) in [6, 6.07) is 16.5. The van der Waals surface area contributed by atoms with Crippen LogP contribution in [0.15, 0.2) is 60.7 Å². The van der Waals surface area contributed by atoms with E-state index in [1.807, 2.05) is 23.8 Å². The molecule has 1 fully saturated rings. The normalized spacial score (nSPS) is 14.8. The summed E-state index contributed by atoms with van der Waals surface area (Å²) >= 11 is 0. The predicted octanol–water partition coefficient (Wildman–Crippen LogP) is 2.67. The third-order valence-corrected chi connectivity index (χ3v) is 7.54. The number of rotatable bonds is 7. The number of nitrogens with one attached hydrogen (secondary N) is 2. The van der Waals surface area contributed by atoms with Gasteiger partial charge in [-0.05, 0) is 61.2 Å². The largest absolute Gasteiger partial charge is 0.421 e. The Balaban J connectivity index is 1.77. The first-order valence-corrected chi connectivity index (χ1v) is 14.5. The van der Waals surface area contributed by atoms with E-state index in [4.69, 9.17) is 4.74 Å². The second kappa shape index (κ2) is 9.87. The Kier molecular flexibility index (Phi) is 6.98. The van der Waals surface area contributed by atoms with Crippen LogP contribution in [0.1, 0.15) is 32.6 Å². The molecular formula is C25H25N3O7S2. The van der Waals surface area contributed by atoms with Crippen molar-refractivity contribution in [3.8, 4) is 5.75 Å². The number of sulfonamides is 1. The minimum absolute atomic E-state index is 0.0151. The fourth-order valence-electron chi connectivity index (χ4n) is 4.10. The highest BCUT2D eigenvalue weighted by molar-refractivity contribution is 7.92. The Labute approximate surface area is 215 Å². The lowest BCUT2D eigenvalue weighted by atomic mass is 9.98. The van der Waals surface area contributed by atoms with Crippen molar-refractivity contribution in [3.05, 3.63) is 88.5 Å². The molecule has 10 nitrogen and oxygen atoms in total. The zero-order chi connectivity index (χ0) is 27.0. The van der Waals surface area contributed by atoms with Crippen molar-refractivity contribution < 1.29 is 31.2 Å². The molecule has 0 aliphatic carbocycles. The Morgan fingerprint density at radius 1 is 1.08 bits per heavy atom. The van der Waals surface area contributed by atoms with E-state index in [-0.39, 0.29) is 23.4 Å². The second-order valence-corrected chi connectivity index (χ2v) is 12.1. The fourth-order valence-corrected chi connectivity index (χ4v) is 5.92. The first-order valence-electron chi connectivity index (χ1n) is 11.1. The molecule has 4 rings (SSSR count). The van der Waals surface area contributed by atoms with E-state index in [0.717, 1.165) is 21.7 Å². The van der Waals surface area contributed by atoms with Crippen LogP contribution in [0.4, 0.5) is 11.4 Å².